The van der Waals surface area contributed by atoms with E-state index < -0.39 is 6.04 Å². The number of rotatable bonds is 4. The summed E-state index contributed by atoms with van der Waals surface area (Å²) in [5.41, 5.74) is 1.63. The van der Waals surface area contributed by atoms with Gasteiger partial charge in [0, 0.05) is 23.7 Å². The Kier molecular flexibility index (Phi) is 5.66. The second kappa shape index (κ2) is 7.95. The van der Waals surface area contributed by atoms with Gasteiger partial charge in [-0.15, -0.1) is 10.2 Å². The van der Waals surface area contributed by atoms with Crippen LogP contribution >= 0.6 is 11.3 Å². The molecule has 2 heterocycles. The molecule has 0 radical (unpaired) electrons. The highest BCUT2D eigenvalue weighted by Crippen LogP contribution is 2.26. The summed E-state index contributed by atoms with van der Waals surface area (Å²) in [6.07, 6.45) is 2.62. The molecule has 1 atom stereocenters. The third-order valence-electron chi connectivity index (χ3n) is 4.49. The zero-order valence-corrected chi connectivity index (χ0v) is 16.2. The summed E-state index contributed by atoms with van der Waals surface area (Å²) in [7, 11) is 0. The Morgan fingerprint density at radius 3 is 2.77 bits per heavy atom. The lowest BCUT2D eigenvalue weighted by molar-refractivity contribution is -0.142. The molecule has 1 fully saturated rings. The molecule has 1 saturated heterocycles. The minimum Gasteiger partial charge on any atom is -0.330 e. The first-order chi connectivity index (χ1) is 12.5. The highest BCUT2D eigenvalue weighted by atomic mass is 32.1. The molecule has 1 aromatic carbocycles. The highest BCUT2D eigenvalue weighted by molar-refractivity contribution is 7.14. The number of aromatic nitrogens is 2. The van der Waals surface area contributed by atoms with Crippen LogP contribution in [0.1, 0.15) is 38.1 Å². The molecular weight excluding hydrogens is 348 g/mol. The van der Waals surface area contributed by atoms with Crippen LogP contribution in [-0.2, 0) is 9.59 Å². The van der Waals surface area contributed by atoms with Gasteiger partial charge >= 0.3 is 0 Å². The monoisotopic (exact) mass is 372 g/mol. The van der Waals surface area contributed by atoms with Crippen molar-refractivity contribution in [2.24, 2.45) is 5.92 Å². The molecule has 0 spiro atoms. The molecule has 3 rings (SSSR count). The highest BCUT2D eigenvalue weighted by Gasteiger charge is 2.33. The SMILES string of the molecule is Cc1nnc(-c2cccc(NC(=O)[C@@H]3CCCCN3C(=O)C(C)C)c2)s1. The molecule has 0 aliphatic carbocycles. The maximum atomic E-state index is 12.8. The van der Waals surface area contributed by atoms with Crippen LogP contribution in [0.15, 0.2) is 24.3 Å². The van der Waals surface area contributed by atoms with Gasteiger partial charge in [-0.2, -0.15) is 0 Å². The van der Waals surface area contributed by atoms with Gasteiger partial charge in [0.1, 0.15) is 16.1 Å². The fraction of sp³-hybridized carbons (Fsp3) is 0.474. The number of benzene rings is 1. The van der Waals surface area contributed by atoms with E-state index in [0.29, 0.717) is 18.7 Å². The number of likely N-dealkylation sites (tertiary alicyclic amines) is 1. The van der Waals surface area contributed by atoms with Gasteiger partial charge in [0.2, 0.25) is 11.8 Å². The number of nitrogens with zero attached hydrogens (tertiary/aromatic N) is 3. The molecule has 2 aromatic rings. The minimum absolute atomic E-state index is 0.0444. The Hall–Kier alpha value is -2.28. The molecule has 1 aliphatic rings. The number of piperidine rings is 1. The first-order valence-corrected chi connectivity index (χ1v) is 9.79. The summed E-state index contributed by atoms with van der Waals surface area (Å²) in [4.78, 5) is 27.0. The summed E-state index contributed by atoms with van der Waals surface area (Å²) in [6, 6.07) is 7.19. The molecule has 1 aromatic heterocycles. The normalized spacial score (nSPS) is 17.4. The van der Waals surface area contributed by atoms with Crippen molar-refractivity contribution in [2.75, 3.05) is 11.9 Å². The third-order valence-corrected chi connectivity index (χ3v) is 5.37. The molecule has 0 bridgehead atoms. The molecule has 0 saturated carbocycles. The molecule has 1 N–H and O–H groups in total. The van der Waals surface area contributed by atoms with Crippen LogP contribution < -0.4 is 5.32 Å². The lowest BCUT2D eigenvalue weighted by Crippen LogP contribution is -2.51. The van der Waals surface area contributed by atoms with Crippen LogP contribution in [0.2, 0.25) is 0 Å². The number of carbonyl (C=O) groups is 2. The van der Waals surface area contributed by atoms with Crippen LogP contribution in [-0.4, -0.2) is 39.5 Å². The smallest absolute Gasteiger partial charge is 0.247 e. The summed E-state index contributed by atoms with van der Waals surface area (Å²) >= 11 is 1.52. The van der Waals surface area contributed by atoms with E-state index in [0.717, 1.165) is 28.4 Å². The summed E-state index contributed by atoms with van der Waals surface area (Å²) in [5, 5.41) is 12.9. The lowest BCUT2D eigenvalue weighted by Gasteiger charge is -2.35. The van der Waals surface area contributed by atoms with Crippen molar-refractivity contribution in [2.45, 2.75) is 46.1 Å². The summed E-state index contributed by atoms with van der Waals surface area (Å²) < 4.78 is 0. The van der Waals surface area contributed by atoms with Crippen molar-refractivity contribution in [3.63, 3.8) is 0 Å². The van der Waals surface area contributed by atoms with Gasteiger partial charge in [0.15, 0.2) is 0 Å². The first-order valence-electron chi connectivity index (χ1n) is 8.97. The molecule has 138 valence electrons. The molecule has 2 amide bonds. The maximum Gasteiger partial charge on any atom is 0.247 e. The van der Waals surface area contributed by atoms with Crippen molar-refractivity contribution >= 4 is 28.8 Å². The van der Waals surface area contributed by atoms with E-state index >= 15 is 0 Å². The number of hydrogen-bond donors (Lipinski definition) is 1. The zero-order valence-electron chi connectivity index (χ0n) is 15.4. The molecule has 0 unspecified atom stereocenters. The largest absolute Gasteiger partial charge is 0.330 e. The van der Waals surface area contributed by atoms with Gasteiger partial charge in [-0.25, -0.2) is 0 Å². The maximum absolute atomic E-state index is 12.8. The summed E-state index contributed by atoms with van der Waals surface area (Å²) in [6.45, 7) is 6.31. The summed E-state index contributed by atoms with van der Waals surface area (Å²) in [5.74, 6) is -0.181. The number of carbonyl (C=O) groups excluding carboxylic acids is 2. The van der Waals surface area contributed by atoms with Crippen LogP contribution in [0.3, 0.4) is 0 Å². The Morgan fingerprint density at radius 1 is 1.27 bits per heavy atom. The second-order valence-corrected chi connectivity index (χ2v) is 8.08. The van der Waals surface area contributed by atoms with E-state index in [2.05, 4.69) is 15.5 Å². The first kappa shape index (κ1) is 18.5. The van der Waals surface area contributed by atoms with Gasteiger partial charge in [-0.3, -0.25) is 9.59 Å². The molecule has 1 aliphatic heterocycles. The van der Waals surface area contributed by atoms with E-state index in [9.17, 15) is 9.59 Å². The fourth-order valence-corrected chi connectivity index (χ4v) is 3.86. The van der Waals surface area contributed by atoms with Crippen molar-refractivity contribution < 1.29 is 9.59 Å². The number of hydrogen-bond acceptors (Lipinski definition) is 5. The van der Waals surface area contributed by atoms with Crippen molar-refractivity contribution in [1.82, 2.24) is 15.1 Å². The van der Waals surface area contributed by atoms with Gasteiger partial charge in [0.05, 0.1) is 0 Å². The van der Waals surface area contributed by atoms with Crippen LogP contribution in [0, 0.1) is 12.8 Å². The third kappa shape index (κ3) is 4.09. The van der Waals surface area contributed by atoms with Crippen LogP contribution in [0.25, 0.3) is 10.6 Å². The van der Waals surface area contributed by atoms with E-state index in [1.807, 2.05) is 45.0 Å². The average Bonchev–Trinajstić information content (AvgIpc) is 3.07. The Balaban J connectivity index is 1.75. The molecule has 26 heavy (non-hydrogen) atoms. The minimum atomic E-state index is -0.397. The predicted molar refractivity (Wildman–Crippen MR) is 103 cm³/mol. The topological polar surface area (TPSA) is 75.2 Å². The number of nitrogens with one attached hydrogen (secondary N) is 1. The van der Waals surface area contributed by atoms with Crippen molar-refractivity contribution in [1.29, 1.82) is 0 Å². The quantitative estimate of drug-likeness (QED) is 0.891. The number of aryl methyl sites for hydroxylation is 1. The molecular formula is C19H24N4O2S. The van der Waals surface area contributed by atoms with Crippen molar-refractivity contribution in [3.05, 3.63) is 29.3 Å². The van der Waals surface area contributed by atoms with Crippen LogP contribution in [0.5, 0.6) is 0 Å². The van der Waals surface area contributed by atoms with Gasteiger partial charge < -0.3 is 10.2 Å². The Morgan fingerprint density at radius 2 is 2.08 bits per heavy atom. The molecule has 7 heteroatoms. The number of amides is 2. The average molecular weight is 372 g/mol. The van der Waals surface area contributed by atoms with Crippen molar-refractivity contribution in [3.8, 4) is 10.6 Å². The van der Waals surface area contributed by atoms with E-state index in [-0.39, 0.29) is 17.7 Å². The van der Waals surface area contributed by atoms with Crippen LogP contribution in [0.4, 0.5) is 5.69 Å². The van der Waals surface area contributed by atoms with E-state index in [1.165, 1.54) is 11.3 Å². The fourth-order valence-electron chi connectivity index (χ4n) is 3.17. The lowest BCUT2D eigenvalue weighted by atomic mass is 9.99. The predicted octanol–water partition coefficient (Wildman–Crippen LogP) is 3.49. The van der Waals surface area contributed by atoms with Gasteiger partial charge in [0.25, 0.3) is 0 Å². The standard InChI is InChI=1S/C19H24N4O2S/c1-12(2)19(25)23-10-5-4-9-16(23)17(24)20-15-8-6-7-14(11-15)18-22-21-13(3)26-18/h6-8,11-12,16H,4-5,9-10H2,1-3H3,(H,20,24)/t16-/m0/s1. The number of anilines is 1. The molecule has 6 nitrogen and oxygen atoms in total. The zero-order chi connectivity index (χ0) is 18.7. The van der Waals surface area contributed by atoms with E-state index in [1.54, 1.807) is 4.90 Å². The second-order valence-electron chi connectivity index (χ2n) is 6.89. The Labute approximate surface area is 157 Å². The Bertz CT molecular complexity index is 802. The van der Waals surface area contributed by atoms with E-state index in [4.69, 9.17) is 0 Å². The van der Waals surface area contributed by atoms with Gasteiger partial charge in [-0.1, -0.05) is 37.3 Å². The van der Waals surface area contributed by atoms with Gasteiger partial charge in [-0.05, 0) is 38.3 Å².